The minimum Gasteiger partial charge on any atom is -0.478 e. The molecular weight excluding hydrogens is 470 g/mol. The highest BCUT2D eigenvalue weighted by atomic mass is 79.9. The summed E-state index contributed by atoms with van der Waals surface area (Å²) in [5, 5.41) is 9.70. The first-order valence-corrected chi connectivity index (χ1v) is 11.4. The van der Waals surface area contributed by atoms with Gasteiger partial charge in [0.25, 0.3) is 10.0 Å². The highest BCUT2D eigenvalue weighted by Crippen LogP contribution is 2.25. The summed E-state index contributed by atoms with van der Waals surface area (Å²) in [7, 11) is -3.88. The molecule has 9 heteroatoms. The largest absolute Gasteiger partial charge is 0.478 e. The first-order valence-electron chi connectivity index (χ1n) is 9.10. The van der Waals surface area contributed by atoms with Crippen LogP contribution in [-0.2, 0) is 16.6 Å². The number of pyridine rings is 1. The van der Waals surface area contributed by atoms with Crippen molar-refractivity contribution < 1.29 is 18.3 Å². The molecule has 156 valence electrons. The first-order chi connectivity index (χ1) is 14.3. The lowest BCUT2D eigenvalue weighted by Gasteiger charge is -2.24. The van der Waals surface area contributed by atoms with Crippen molar-refractivity contribution in [1.82, 2.24) is 4.98 Å². The minimum atomic E-state index is -3.88. The van der Waals surface area contributed by atoms with Crippen molar-refractivity contribution in [2.24, 2.45) is 0 Å². The molecule has 0 saturated heterocycles. The number of carboxylic acids is 1. The smallest absolute Gasteiger partial charge is 0.339 e. The predicted octanol–water partition coefficient (Wildman–Crippen LogP) is 4.37. The quantitative estimate of drug-likeness (QED) is 0.487. The number of aromatic nitrogens is 1. The molecule has 2 N–H and O–H groups in total. The number of anilines is 2. The van der Waals surface area contributed by atoms with Crippen LogP contribution in [0.4, 0.5) is 11.5 Å². The van der Waals surface area contributed by atoms with E-state index in [2.05, 4.69) is 25.6 Å². The van der Waals surface area contributed by atoms with Crippen LogP contribution < -0.4 is 9.62 Å². The summed E-state index contributed by atoms with van der Waals surface area (Å²) in [4.78, 5) is 18.0. The molecule has 0 atom stereocenters. The van der Waals surface area contributed by atoms with Gasteiger partial charge in [-0.05, 0) is 42.8 Å². The van der Waals surface area contributed by atoms with Gasteiger partial charge in [-0.3, -0.25) is 4.72 Å². The number of hydrogen-bond acceptors (Lipinski definition) is 5. The molecule has 0 radical (unpaired) electrons. The molecule has 0 aliphatic heterocycles. The van der Waals surface area contributed by atoms with Crippen LogP contribution in [0.3, 0.4) is 0 Å². The molecule has 0 amide bonds. The molecule has 0 spiro atoms. The minimum absolute atomic E-state index is 0.0610. The number of carbonyl (C=O) groups is 1. The Morgan fingerprint density at radius 2 is 1.80 bits per heavy atom. The number of sulfonamides is 1. The molecule has 3 rings (SSSR count). The van der Waals surface area contributed by atoms with E-state index in [9.17, 15) is 18.3 Å². The number of halogens is 1. The topological polar surface area (TPSA) is 99.6 Å². The third-order valence-corrected chi connectivity index (χ3v) is 6.30. The summed E-state index contributed by atoms with van der Waals surface area (Å²) in [6, 6.07) is 17.0. The molecule has 1 aromatic heterocycles. The van der Waals surface area contributed by atoms with Crippen molar-refractivity contribution in [2.45, 2.75) is 18.4 Å². The number of carboxylic acid groups (broad SMARTS) is 1. The van der Waals surface area contributed by atoms with Crippen LogP contribution in [0, 0.1) is 0 Å². The van der Waals surface area contributed by atoms with E-state index in [1.54, 1.807) is 12.1 Å². The molecule has 0 unspecified atom stereocenters. The van der Waals surface area contributed by atoms with Crippen LogP contribution in [0.1, 0.15) is 22.8 Å². The summed E-state index contributed by atoms with van der Waals surface area (Å²) < 4.78 is 28.3. The SMILES string of the molecule is CCN(Cc1ccccc1)c1ncc(NS(=O)(=O)c2ccc(Br)cc2)cc1C(=O)O. The molecule has 0 saturated carbocycles. The number of hydrogen-bond donors (Lipinski definition) is 2. The monoisotopic (exact) mass is 489 g/mol. The van der Waals surface area contributed by atoms with Crippen molar-refractivity contribution in [2.75, 3.05) is 16.2 Å². The molecule has 3 aromatic rings. The molecule has 7 nitrogen and oxygen atoms in total. The first kappa shape index (κ1) is 21.8. The fourth-order valence-electron chi connectivity index (χ4n) is 2.89. The van der Waals surface area contributed by atoms with Crippen LogP contribution in [-0.4, -0.2) is 31.0 Å². The summed E-state index contributed by atoms with van der Waals surface area (Å²) >= 11 is 3.26. The van der Waals surface area contributed by atoms with Gasteiger partial charge in [-0.2, -0.15) is 0 Å². The van der Waals surface area contributed by atoms with Gasteiger partial charge in [-0.1, -0.05) is 46.3 Å². The number of nitrogens with one attached hydrogen (secondary N) is 1. The summed E-state index contributed by atoms with van der Waals surface area (Å²) in [5.41, 5.74) is 1.01. The standard InChI is InChI=1S/C21H20BrN3O4S/c1-2-25(14-15-6-4-3-5-7-15)20-19(21(26)27)12-17(13-23-20)24-30(28,29)18-10-8-16(22)9-11-18/h3-13,24H,2,14H2,1H3,(H,26,27). The van der Waals surface area contributed by atoms with Gasteiger partial charge < -0.3 is 10.0 Å². The van der Waals surface area contributed by atoms with Gasteiger partial charge in [-0.25, -0.2) is 18.2 Å². The Labute approximate surface area is 183 Å². The van der Waals surface area contributed by atoms with Crippen LogP contribution in [0.15, 0.2) is 76.2 Å². The van der Waals surface area contributed by atoms with Crippen molar-refractivity contribution in [3.8, 4) is 0 Å². The number of nitrogens with zero attached hydrogens (tertiary/aromatic N) is 2. The average molecular weight is 490 g/mol. The Bertz CT molecular complexity index is 1140. The van der Waals surface area contributed by atoms with Crippen LogP contribution >= 0.6 is 15.9 Å². The lowest BCUT2D eigenvalue weighted by atomic mass is 10.2. The third kappa shape index (κ3) is 5.17. The van der Waals surface area contributed by atoms with Gasteiger partial charge >= 0.3 is 5.97 Å². The normalized spacial score (nSPS) is 11.1. The van der Waals surface area contributed by atoms with E-state index in [1.807, 2.05) is 42.2 Å². The molecule has 0 aliphatic rings. The Balaban J connectivity index is 1.91. The van der Waals surface area contributed by atoms with E-state index < -0.39 is 16.0 Å². The average Bonchev–Trinajstić information content (AvgIpc) is 2.73. The lowest BCUT2D eigenvalue weighted by molar-refractivity contribution is 0.0697. The van der Waals surface area contributed by atoms with Gasteiger partial charge in [-0.15, -0.1) is 0 Å². The number of aromatic carboxylic acids is 1. The van der Waals surface area contributed by atoms with E-state index >= 15 is 0 Å². The van der Waals surface area contributed by atoms with Crippen LogP contribution in [0.2, 0.25) is 0 Å². The Morgan fingerprint density at radius 1 is 1.13 bits per heavy atom. The maximum Gasteiger partial charge on any atom is 0.339 e. The molecule has 0 bridgehead atoms. The van der Waals surface area contributed by atoms with Crippen molar-refractivity contribution in [3.63, 3.8) is 0 Å². The molecule has 1 heterocycles. The fraction of sp³-hybridized carbons (Fsp3) is 0.143. The van der Waals surface area contributed by atoms with Crippen molar-refractivity contribution in [1.29, 1.82) is 0 Å². The zero-order valence-electron chi connectivity index (χ0n) is 16.1. The van der Waals surface area contributed by atoms with Gasteiger partial charge in [0.15, 0.2) is 0 Å². The summed E-state index contributed by atoms with van der Waals surface area (Å²) in [6.07, 6.45) is 1.33. The molecule has 2 aromatic carbocycles. The number of benzene rings is 2. The molecule has 0 aliphatic carbocycles. The van der Waals surface area contributed by atoms with E-state index in [1.165, 1.54) is 24.4 Å². The van der Waals surface area contributed by atoms with E-state index in [0.717, 1.165) is 10.0 Å². The summed E-state index contributed by atoms with van der Waals surface area (Å²) in [5.74, 6) is -0.908. The number of rotatable bonds is 8. The van der Waals surface area contributed by atoms with Crippen LogP contribution in [0.5, 0.6) is 0 Å². The van der Waals surface area contributed by atoms with E-state index in [0.29, 0.717) is 13.1 Å². The van der Waals surface area contributed by atoms with Crippen LogP contribution in [0.25, 0.3) is 0 Å². The van der Waals surface area contributed by atoms with E-state index in [-0.39, 0.29) is 22.0 Å². The highest BCUT2D eigenvalue weighted by Gasteiger charge is 2.20. The maximum absolute atomic E-state index is 12.6. The Kier molecular flexibility index (Phi) is 6.73. The second-order valence-electron chi connectivity index (χ2n) is 6.46. The Hall–Kier alpha value is -2.91. The van der Waals surface area contributed by atoms with Crippen molar-refractivity contribution in [3.05, 3.63) is 82.5 Å². The second kappa shape index (κ2) is 9.27. The van der Waals surface area contributed by atoms with Gasteiger partial charge in [0.05, 0.1) is 16.8 Å². The zero-order valence-corrected chi connectivity index (χ0v) is 18.5. The predicted molar refractivity (Wildman–Crippen MR) is 119 cm³/mol. The van der Waals surface area contributed by atoms with Crippen molar-refractivity contribution >= 4 is 43.4 Å². The van der Waals surface area contributed by atoms with Gasteiger partial charge in [0, 0.05) is 17.6 Å². The second-order valence-corrected chi connectivity index (χ2v) is 9.06. The highest BCUT2D eigenvalue weighted by molar-refractivity contribution is 9.10. The van der Waals surface area contributed by atoms with Gasteiger partial charge in [0.2, 0.25) is 0 Å². The van der Waals surface area contributed by atoms with E-state index in [4.69, 9.17) is 0 Å². The molecule has 0 fully saturated rings. The lowest BCUT2D eigenvalue weighted by Crippen LogP contribution is -2.25. The summed E-state index contributed by atoms with van der Waals surface area (Å²) in [6.45, 7) is 2.92. The fourth-order valence-corrected chi connectivity index (χ4v) is 4.19. The third-order valence-electron chi connectivity index (χ3n) is 4.37. The Morgan fingerprint density at radius 3 is 2.40 bits per heavy atom. The maximum atomic E-state index is 12.6. The molecule has 30 heavy (non-hydrogen) atoms. The zero-order chi connectivity index (χ0) is 21.7. The molecular formula is C21H20BrN3O4S. The van der Waals surface area contributed by atoms with Gasteiger partial charge in [0.1, 0.15) is 11.4 Å².